The van der Waals surface area contributed by atoms with Crippen LogP contribution in [0.25, 0.3) is 0 Å². The van der Waals surface area contributed by atoms with Crippen molar-refractivity contribution in [3.05, 3.63) is 24.2 Å². The summed E-state index contributed by atoms with van der Waals surface area (Å²) in [4.78, 5) is 0. The van der Waals surface area contributed by atoms with Gasteiger partial charge in [0, 0.05) is 18.5 Å². The Kier molecular flexibility index (Phi) is 6.24. The molecule has 2 heteroatoms. The molecule has 1 aromatic rings. The van der Waals surface area contributed by atoms with Gasteiger partial charge in [-0.25, -0.2) is 0 Å². The third-order valence-corrected chi connectivity index (χ3v) is 2.90. The second kappa shape index (κ2) is 7.50. The highest BCUT2D eigenvalue weighted by atomic mass is 16.3. The van der Waals surface area contributed by atoms with Crippen molar-refractivity contribution in [3.8, 4) is 0 Å². The molecule has 1 N–H and O–H groups in total. The molecule has 0 aromatic carbocycles. The lowest BCUT2D eigenvalue weighted by Crippen LogP contribution is -2.35. The number of furan rings is 1. The molecule has 0 fully saturated rings. The van der Waals surface area contributed by atoms with Crippen LogP contribution >= 0.6 is 0 Å². The number of rotatable bonds is 8. The lowest BCUT2D eigenvalue weighted by molar-refractivity contribution is 0.404. The molecule has 2 unspecified atom stereocenters. The Morgan fingerprint density at radius 3 is 2.69 bits per heavy atom. The Morgan fingerprint density at radius 2 is 2.06 bits per heavy atom. The first-order chi connectivity index (χ1) is 7.72. The average Bonchev–Trinajstić information content (AvgIpc) is 2.70. The zero-order valence-electron chi connectivity index (χ0n) is 10.8. The molecule has 0 saturated heterocycles. The van der Waals surface area contributed by atoms with Gasteiger partial charge >= 0.3 is 0 Å². The molecule has 0 amide bonds. The Morgan fingerprint density at radius 1 is 1.25 bits per heavy atom. The first-order valence-electron chi connectivity index (χ1n) is 6.50. The summed E-state index contributed by atoms with van der Waals surface area (Å²) in [7, 11) is 0. The van der Waals surface area contributed by atoms with Crippen molar-refractivity contribution in [1.82, 2.24) is 5.32 Å². The largest absolute Gasteiger partial charge is 0.469 e. The number of hydrogen-bond donors (Lipinski definition) is 1. The van der Waals surface area contributed by atoms with E-state index in [0.29, 0.717) is 12.1 Å². The highest BCUT2D eigenvalue weighted by Crippen LogP contribution is 2.07. The molecule has 0 aliphatic carbocycles. The van der Waals surface area contributed by atoms with Crippen LogP contribution in [0, 0.1) is 0 Å². The number of unbranched alkanes of at least 4 members (excludes halogenated alkanes) is 2. The molecule has 1 rings (SSSR count). The highest BCUT2D eigenvalue weighted by Gasteiger charge is 2.08. The highest BCUT2D eigenvalue weighted by molar-refractivity contribution is 5.00. The SMILES string of the molecule is CCCCCC(C)NC(C)Cc1ccco1. The van der Waals surface area contributed by atoms with Crippen molar-refractivity contribution in [3.63, 3.8) is 0 Å². The van der Waals surface area contributed by atoms with Gasteiger partial charge < -0.3 is 9.73 Å². The van der Waals surface area contributed by atoms with Crippen LogP contribution in [-0.2, 0) is 6.42 Å². The van der Waals surface area contributed by atoms with Gasteiger partial charge in [-0.3, -0.25) is 0 Å². The van der Waals surface area contributed by atoms with Crippen molar-refractivity contribution in [2.24, 2.45) is 0 Å². The molecule has 1 heterocycles. The van der Waals surface area contributed by atoms with Crippen molar-refractivity contribution in [1.29, 1.82) is 0 Å². The predicted octanol–water partition coefficient (Wildman–Crippen LogP) is 3.77. The molecule has 0 spiro atoms. The van der Waals surface area contributed by atoms with E-state index >= 15 is 0 Å². The van der Waals surface area contributed by atoms with Crippen LogP contribution in [0.2, 0.25) is 0 Å². The third kappa shape index (κ3) is 5.36. The van der Waals surface area contributed by atoms with Gasteiger partial charge in [-0.05, 0) is 32.4 Å². The van der Waals surface area contributed by atoms with Gasteiger partial charge in [-0.15, -0.1) is 0 Å². The minimum Gasteiger partial charge on any atom is -0.469 e. The van der Waals surface area contributed by atoms with E-state index in [1.54, 1.807) is 6.26 Å². The van der Waals surface area contributed by atoms with Crippen LogP contribution in [0.3, 0.4) is 0 Å². The summed E-state index contributed by atoms with van der Waals surface area (Å²) in [5.41, 5.74) is 0. The molecule has 0 aliphatic heterocycles. The van der Waals surface area contributed by atoms with Gasteiger partial charge in [0.25, 0.3) is 0 Å². The summed E-state index contributed by atoms with van der Waals surface area (Å²) < 4.78 is 5.34. The maximum Gasteiger partial charge on any atom is 0.105 e. The smallest absolute Gasteiger partial charge is 0.105 e. The molecular formula is C14H25NO. The topological polar surface area (TPSA) is 25.2 Å². The molecule has 2 nitrogen and oxygen atoms in total. The fourth-order valence-electron chi connectivity index (χ4n) is 2.06. The van der Waals surface area contributed by atoms with E-state index in [1.807, 2.05) is 12.1 Å². The van der Waals surface area contributed by atoms with Crippen molar-refractivity contribution in [2.75, 3.05) is 0 Å². The molecule has 92 valence electrons. The van der Waals surface area contributed by atoms with E-state index < -0.39 is 0 Å². The van der Waals surface area contributed by atoms with Crippen LogP contribution in [0.1, 0.15) is 52.2 Å². The predicted molar refractivity (Wildman–Crippen MR) is 68.6 cm³/mol. The summed E-state index contributed by atoms with van der Waals surface area (Å²) in [5.74, 6) is 1.07. The Bertz CT molecular complexity index is 256. The third-order valence-electron chi connectivity index (χ3n) is 2.90. The second-order valence-corrected chi connectivity index (χ2v) is 4.75. The molecule has 1 aromatic heterocycles. The molecule has 0 radical (unpaired) electrons. The van der Waals surface area contributed by atoms with Gasteiger partial charge in [-0.1, -0.05) is 26.2 Å². The summed E-state index contributed by atoms with van der Waals surface area (Å²) in [6.45, 7) is 6.74. The van der Waals surface area contributed by atoms with Gasteiger partial charge in [0.1, 0.15) is 5.76 Å². The molecular weight excluding hydrogens is 198 g/mol. The van der Waals surface area contributed by atoms with Gasteiger partial charge in [0.15, 0.2) is 0 Å². The van der Waals surface area contributed by atoms with E-state index in [-0.39, 0.29) is 0 Å². The molecule has 0 saturated carbocycles. The van der Waals surface area contributed by atoms with Crippen molar-refractivity contribution >= 4 is 0 Å². The first-order valence-corrected chi connectivity index (χ1v) is 6.50. The van der Waals surface area contributed by atoms with Gasteiger partial charge in [0.2, 0.25) is 0 Å². The lowest BCUT2D eigenvalue weighted by Gasteiger charge is -2.19. The van der Waals surface area contributed by atoms with E-state index in [2.05, 4.69) is 26.1 Å². The molecule has 0 aliphatic rings. The first kappa shape index (κ1) is 13.3. The monoisotopic (exact) mass is 223 g/mol. The Hall–Kier alpha value is -0.760. The maximum atomic E-state index is 5.34. The standard InChI is InChI=1S/C14H25NO/c1-4-5-6-8-12(2)15-13(3)11-14-9-7-10-16-14/h7,9-10,12-13,15H,4-6,8,11H2,1-3H3. The molecule has 0 bridgehead atoms. The van der Waals surface area contributed by atoms with E-state index in [0.717, 1.165) is 12.2 Å². The Balaban J connectivity index is 2.15. The minimum absolute atomic E-state index is 0.489. The summed E-state index contributed by atoms with van der Waals surface area (Å²) in [6, 6.07) is 5.09. The average molecular weight is 223 g/mol. The quantitative estimate of drug-likeness (QED) is 0.679. The van der Waals surface area contributed by atoms with Crippen molar-refractivity contribution in [2.45, 2.75) is 65.0 Å². The van der Waals surface area contributed by atoms with Crippen LogP contribution in [0.5, 0.6) is 0 Å². The summed E-state index contributed by atoms with van der Waals surface area (Å²) >= 11 is 0. The maximum absolute atomic E-state index is 5.34. The summed E-state index contributed by atoms with van der Waals surface area (Å²) in [6.07, 6.45) is 7.97. The van der Waals surface area contributed by atoms with E-state index in [9.17, 15) is 0 Å². The van der Waals surface area contributed by atoms with Crippen LogP contribution in [0.15, 0.2) is 22.8 Å². The van der Waals surface area contributed by atoms with Crippen LogP contribution in [-0.4, -0.2) is 12.1 Å². The lowest BCUT2D eigenvalue weighted by atomic mass is 10.1. The fourth-order valence-corrected chi connectivity index (χ4v) is 2.06. The van der Waals surface area contributed by atoms with E-state index in [1.165, 1.54) is 25.7 Å². The zero-order valence-corrected chi connectivity index (χ0v) is 10.8. The fraction of sp³-hybridized carbons (Fsp3) is 0.714. The number of nitrogens with one attached hydrogen (secondary N) is 1. The van der Waals surface area contributed by atoms with Crippen LogP contribution < -0.4 is 5.32 Å². The van der Waals surface area contributed by atoms with Crippen molar-refractivity contribution < 1.29 is 4.42 Å². The van der Waals surface area contributed by atoms with E-state index in [4.69, 9.17) is 4.42 Å². The number of hydrogen-bond acceptors (Lipinski definition) is 2. The van der Waals surface area contributed by atoms with Gasteiger partial charge in [0.05, 0.1) is 6.26 Å². The second-order valence-electron chi connectivity index (χ2n) is 4.75. The van der Waals surface area contributed by atoms with Gasteiger partial charge in [-0.2, -0.15) is 0 Å². The molecule has 16 heavy (non-hydrogen) atoms. The normalized spacial score (nSPS) is 14.9. The zero-order chi connectivity index (χ0) is 11.8. The Labute approximate surface area is 99.4 Å². The van der Waals surface area contributed by atoms with Crippen LogP contribution in [0.4, 0.5) is 0 Å². The summed E-state index contributed by atoms with van der Waals surface area (Å²) in [5, 5.41) is 3.62. The molecule has 2 atom stereocenters. The minimum atomic E-state index is 0.489.